The Balaban J connectivity index is 3.51. The summed E-state index contributed by atoms with van der Waals surface area (Å²) in [5.74, 6) is -1.57. The minimum absolute atomic E-state index is 0.0203. The van der Waals surface area contributed by atoms with Crippen molar-refractivity contribution < 1.29 is 37.0 Å². The van der Waals surface area contributed by atoms with E-state index in [2.05, 4.69) is 9.47 Å². The molecule has 1 atom stereocenters. The lowest BCUT2D eigenvalue weighted by Gasteiger charge is -2.24. The highest BCUT2D eigenvalue weighted by Crippen LogP contribution is 2.37. The molecule has 162 valence electrons. The Morgan fingerprint density at radius 2 is 1.76 bits per heavy atom. The summed E-state index contributed by atoms with van der Waals surface area (Å²) >= 11 is 0. The van der Waals surface area contributed by atoms with Crippen LogP contribution in [0, 0.1) is 5.92 Å². The van der Waals surface area contributed by atoms with Crippen LogP contribution >= 0.6 is 0 Å². The van der Waals surface area contributed by atoms with E-state index in [9.17, 15) is 18.0 Å². The number of rotatable bonds is 10. The number of methoxy groups -OCH3 is 4. The fourth-order valence-electron chi connectivity index (χ4n) is 2.59. The molecule has 0 aliphatic heterocycles. The highest BCUT2D eigenvalue weighted by atomic mass is 32.2. The van der Waals surface area contributed by atoms with E-state index >= 15 is 0 Å². The Kier molecular flexibility index (Phi) is 9.12. The number of benzene rings is 1. The quantitative estimate of drug-likeness (QED) is 0.409. The van der Waals surface area contributed by atoms with Gasteiger partial charge in [-0.05, 0) is 23.8 Å². The first-order valence-electron chi connectivity index (χ1n) is 8.76. The van der Waals surface area contributed by atoms with Gasteiger partial charge in [0.25, 0.3) is 0 Å². The largest absolute Gasteiger partial charge is 0.493 e. The van der Waals surface area contributed by atoms with Crippen molar-refractivity contribution >= 4 is 28.0 Å². The fourth-order valence-corrected chi connectivity index (χ4v) is 4.33. The lowest BCUT2D eigenvalue weighted by molar-refractivity contribution is -0.145. The zero-order chi connectivity index (χ0) is 22.2. The first-order valence-corrected chi connectivity index (χ1v) is 10.2. The summed E-state index contributed by atoms with van der Waals surface area (Å²) in [5.41, 5.74) is 0.392. The van der Waals surface area contributed by atoms with Crippen LogP contribution in [0.1, 0.15) is 19.4 Å². The highest BCUT2D eigenvalue weighted by Gasteiger charge is 2.31. The van der Waals surface area contributed by atoms with Crippen molar-refractivity contribution in [1.82, 2.24) is 4.31 Å². The van der Waals surface area contributed by atoms with E-state index in [0.29, 0.717) is 5.56 Å². The van der Waals surface area contributed by atoms with Crippen molar-refractivity contribution in [2.75, 3.05) is 41.5 Å². The Labute approximate surface area is 171 Å². The van der Waals surface area contributed by atoms with Gasteiger partial charge in [-0.2, -0.15) is 4.31 Å². The maximum atomic E-state index is 13.3. The summed E-state index contributed by atoms with van der Waals surface area (Å²) in [7, 11) is 1.12. The van der Waals surface area contributed by atoms with Crippen molar-refractivity contribution in [3.63, 3.8) is 0 Å². The van der Waals surface area contributed by atoms with Gasteiger partial charge in [-0.15, -0.1) is 0 Å². The average molecular weight is 429 g/mol. The smallest absolute Gasteiger partial charge is 0.330 e. The molecular weight excluding hydrogens is 402 g/mol. The van der Waals surface area contributed by atoms with Crippen LogP contribution in [0.4, 0.5) is 0 Å². The third kappa shape index (κ3) is 5.94. The fraction of sp³-hybridized carbons (Fsp3) is 0.474. The summed E-state index contributed by atoms with van der Waals surface area (Å²) in [4.78, 5) is 23.0. The van der Waals surface area contributed by atoms with E-state index in [1.807, 2.05) is 0 Å². The van der Waals surface area contributed by atoms with Gasteiger partial charge in [-0.1, -0.05) is 13.8 Å². The number of nitrogens with zero attached hydrogens (tertiary/aromatic N) is 1. The van der Waals surface area contributed by atoms with Gasteiger partial charge in [0.05, 0.1) is 34.4 Å². The number of sulfonamides is 1. The molecule has 0 saturated carbocycles. The van der Waals surface area contributed by atoms with Crippen LogP contribution in [-0.4, -0.2) is 66.2 Å². The SMILES string of the molecule is CCN(CC(C)C(=O)OC)S(=O)(=O)c1cc(/C=C/C(=O)OC)cc(OC)c1OC. The molecule has 9 nitrogen and oxygen atoms in total. The summed E-state index contributed by atoms with van der Waals surface area (Å²) in [6, 6.07) is 2.90. The van der Waals surface area contributed by atoms with Gasteiger partial charge in [0, 0.05) is 19.2 Å². The number of carbonyl (C=O) groups excluding carboxylic acids is 2. The second kappa shape index (κ2) is 10.8. The zero-order valence-corrected chi connectivity index (χ0v) is 18.2. The van der Waals surface area contributed by atoms with Gasteiger partial charge in [0.2, 0.25) is 10.0 Å². The van der Waals surface area contributed by atoms with Crippen molar-refractivity contribution in [3.05, 3.63) is 23.8 Å². The van der Waals surface area contributed by atoms with E-state index in [1.165, 1.54) is 46.6 Å². The molecule has 29 heavy (non-hydrogen) atoms. The van der Waals surface area contributed by atoms with E-state index in [1.54, 1.807) is 13.8 Å². The van der Waals surface area contributed by atoms with Gasteiger partial charge >= 0.3 is 11.9 Å². The van der Waals surface area contributed by atoms with E-state index in [4.69, 9.17) is 9.47 Å². The van der Waals surface area contributed by atoms with Crippen LogP contribution < -0.4 is 9.47 Å². The van der Waals surface area contributed by atoms with Gasteiger partial charge in [0.15, 0.2) is 11.5 Å². The summed E-state index contributed by atoms with van der Waals surface area (Å²) in [5, 5.41) is 0. The predicted octanol–water partition coefficient (Wildman–Crippen LogP) is 1.71. The van der Waals surface area contributed by atoms with Gasteiger partial charge in [0.1, 0.15) is 4.90 Å². The van der Waals surface area contributed by atoms with Crippen molar-refractivity contribution in [3.8, 4) is 11.5 Å². The van der Waals surface area contributed by atoms with Gasteiger partial charge < -0.3 is 18.9 Å². The molecule has 0 amide bonds. The highest BCUT2D eigenvalue weighted by molar-refractivity contribution is 7.89. The second-order valence-corrected chi connectivity index (χ2v) is 7.90. The maximum absolute atomic E-state index is 13.3. The first kappa shape index (κ1) is 24.4. The molecule has 0 aliphatic carbocycles. The third-order valence-electron chi connectivity index (χ3n) is 4.13. The standard InChI is InChI=1S/C19H27NO8S/c1-7-20(12-13(2)19(22)28-6)29(23,24)16-11-14(8-9-17(21)26-4)10-15(25-3)18(16)27-5/h8-11,13H,7,12H2,1-6H3/b9-8+. The van der Waals surface area contributed by atoms with Crippen molar-refractivity contribution in [2.24, 2.45) is 5.92 Å². The lowest BCUT2D eigenvalue weighted by atomic mass is 10.2. The van der Waals surface area contributed by atoms with Crippen LogP contribution in [0.2, 0.25) is 0 Å². The molecule has 1 aromatic carbocycles. The van der Waals surface area contributed by atoms with E-state index in [-0.39, 0.29) is 29.5 Å². The van der Waals surface area contributed by atoms with Crippen LogP contribution in [-0.2, 0) is 29.1 Å². The molecule has 0 aliphatic rings. The summed E-state index contributed by atoms with van der Waals surface area (Å²) < 4.78 is 47.6. The normalized spacial score (nSPS) is 12.7. The molecule has 10 heteroatoms. The van der Waals surface area contributed by atoms with Crippen LogP contribution in [0.25, 0.3) is 6.08 Å². The molecule has 1 rings (SSSR count). The molecule has 0 aromatic heterocycles. The monoisotopic (exact) mass is 429 g/mol. The molecule has 0 radical (unpaired) electrons. The molecular formula is C19H27NO8S. The Morgan fingerprint density at radius 1 is 1.10 bits per heavy atom. The molecule has 1 unspecified atom stereocenters. The molecule has 0 bridgehead atoms. The number of carbonyl (C=O) groups is 2. The van der Waals surface area contributed by atoms with Gasteiger partial charge in [-0.25, -0.2) is 13.2 Å². The van der Waals surface area contributed by atoms with Crippen molar-refractivity contribution in [1.29, 1.82) is 0 Å². The number of hydrogen-bond acceptors (Lipinski definition) is 8. The predicted molar refractivity (Wildman–Crippen MR) is 106 cm³/mol. The van der Waals surface area contributed by atoms with E-state index in [0.717, 1.165) is 10.4 Å². The lowest BCUT2D eigenvalue weighted by Crippen LogP contribution is -2.37. The molecule has 1 aromatic rings. The Hall–Kier alpha value is -2.59. The van der Waals surface area contributed by atoms with Crippen LogP contribution in [0.5, 0.6) is 11.5 Å². The zero-order valence-electron chi connectivity index (χ0n) is 17.4. The maximum Gasteiger partial charge on any atom is 0.330 e. The van der Waals surface area contributed by atoms with Crippen molar-refractivity contribution in [2.45, 2.75) is 18.7 Å². The first-order chi connectivity index (χ1) is 13.7. The number of esters is 2. The molecule has 0 spiro atoms. The minimum Gasteiger partial charge on any atom is -0.493 e. The third-order valence-corrected chi connectivity index (χ3v) is 6.08. The number of hydrogen-bond donors (Lipinski definition) is 0. The Bertz CT molecular complexity index is 863. The Morgan fingerprint density at radius 3 is 2.24 bits per heavy atom. The molecule has 0 heterocycles. The summed E-state index contributed by atoms with van der Waals surface area (Å²) in [6.45, 7) is 3.29. The van der Waals surface area contributed by atoms with E-state index < -0.39 is 27.9 Å². The second-order valence-electron chi connectivity index (χ2n) is 5.99. The topological polar surface area (TPSA) is 108 Å². The van der Waals surface area contributed by atoms with Gasteiger partial charge in [-0.3, -0.25) is 4.79 Å². The number of ether oxygens (including phenoxy) is 4. The minimum atomic E-state index is -4.06. The molecule has 0 fully saturated rings. The molecule has 0 saturated heterocycles. The average Bonchev–Trinajstić information content (AvgIpc) is 2.73. The van der Waals surface area contributed by atoms with Crippen LogP contribution in [0.3, 0.4) is 0 Å². The molecule has 0 N–H and O–H groups in total. The van der Waals surface area contributed by atoms with Crippen LogP contribution in [0.15, 0.2) is 23.1 Å². The summed E-state index contributed by atoms with van der Waals surface area (Å²) in [6.07, 6.45) is 2.56.